The molecule has 0 atom stereocenters. The smallest absolute Gasteiger partial charge is 0.292 e. The molecule has 0 radical (unpaired) electrons. The van der Waals surface area contributed by atoms with Crippen molar-refractivity contribution in [3.05, 3.63) is 65.7 Å². The van der Waals surface area contributed by atoms with Crippen LogP contribution in [-0.4, -0.2) is 21.6 Å². The van der Waals surface area contributed by atoms with E-state index in [1.807, 2.05) is 6.07 Å². The summed E-state index contributed by atoms with van der Waals surface area (Å²) < 4.78 is 6.40. The zero-order chi connectivity index (χ0) is 17.8. The van der Waals surface area contributed by atoms with Crippen LogP contribution in [0.25, 0.3) is 0 Å². The average Bonchev–Trinajstić information content (AvgIpc) is 3.26. The van der Waals surface area contributed by atoms with E-state index >= 15 is 0 Å². The number of nitrogens with zero attached hydrogens (tertiary/aromatic N) is 3. The number of aryl methyl sites for hydroxylation is 1. The third-order valence-electron chi connectivity index (χ3n) is 3.37. The van der Waals surface area contributed by atoms with Crippen LogP contribution in [0.3, 0.4) is 0 Å². The van der Waals surface area contributed by atoms with E-state index in [2.05, 4.69) is 15.7 Å². The maximum absolute atomic E-state index is 12.3. The largest absolute Gasteiger partial charge is 0.459 e. The van der Waals surface area contributed by atoms with E-state index in [4.69, 9.17) is 9.68 Å². The lowest BCUT2D eigenvalue weighted by atomic mass is 10.2. The first-order chi connectivity index (χ1) is 12.1. The fourth-order valence-corrected chi connectivity index (χ4v) is 2.10. The number of amides is 2. The number of hydrogen-bond acceptors (Lipinski definition) is 5. The molecule has 1 aromatic carbocycles. The van der Waals surface area contributed by atoms with Gasteiger partial charge in [0.1, 0.15) is 5.82 Å². The second kappa shape index (κ2) is 6.72. The Labute approximate surface area is 142 Å². The Morgan fingerprint density at radius 1 is 1.16 bits per heavy atom. The van der Waals surface area contributed by atoms with Gasteiger partial charge in [-0.3, -0.25) is 14.3 Å². The Balaban J connectivity index is 1.71. The molecule has 2 heterocycles. The third-order valence-corrected chi connectivity index (χ3v) is 3.37. The zero-order valence-electron chi connectivity index (χ0n) is 13.2. The van der Waals surface area contributed by atoms with E-state index in [9.17, 15) is 9.59 Å². The first-order valence-electron chi connectivity index (χ1n) is 7.27. The van der Waals surface area contributed by atoms with Gasteiger partial charge in [-0.25, -0.2) is 0 Å². The van der Waals surface area contributed by atoms with Crippen LogP contribution in [0.15, 0.2) is 53.1 Å². The number of nitriles is 1. The van der Waals surface area contributed by atoms with Gasteiger partial charge >= 0.3 is 0 Å². The van der Waals surface area contributed by atoms with Crippen LogP contribution in [0.1, 0.15) is 26.6 Å². The fourth-order valence-electron chi connectivity index (χ4n) is 2.10. The number of furan rings is 1. The van der Waals surface area contributed by atoms with Gasteiger partial charge in [0.2, 0.25) is 0 Å². The molecule has 0 spiro atoms. The molecule has 3 rings (SSSR count). The van der Waals surface area contributed by atoms with Gasteiger partial charge in [0.25, 0.3) is 11.8 Å². The molecule has 0 bridgehead atoms. The highest BCUT2D eigenvalue weighted by Gasteiger charge is 2.16. The summed E-state index contributed by atoms with van der Waals surface area (Å²) in [5.41, 5.74) is 1.18. The predicted octanol–water partition coefficient (Wildman–Crippen LogP) is 2.39. The SMILES string of the molecule is Cn1nc(C(=O)Nc2ccc(C#N)cc2)cc1NC(=O)c1ccco1. The van der Waals surface area contributed by atoms with E-state index in [1.54, 1.807) is 37.4 Å². The van der Waals surface area contributed by atoms with Gasteiger partial charge in [-0.1, -0.05) is 0 Å². The average molecular weight is 335 g/mol. The number of hydrogen-bond donors (Lipinski definition) is 2. The Hall–Kier alpha value is -3.86. The van der Waals surface area contributed by atoms with Crippen LogP contribution >= 0.6 is 0 Å². The Kier molecular flexibility index (Phi) is 4.30. The van der Waals surface area contributed by atoms with Gasteiger partial charge in [0.05, 0.1) is 17.9 Å². The standard InChI is InChI=1S/C17H13N5O3/c1-22-15(20-17(24)14-3-2-8-25-14)9-13(21-22)16(23)19-12-6-4-11(10-18)5-7-12/h2-9H,1H3,(H,19,23)(H,20,24). The molecular formula is C17H13N5O3. The van der Waals surface area contributed by atoms with Crippen molar-refractivity contribution >= 4 is 23.3 Å². The first-order valence-corrected chi connectivity index (χ1v) is 7.27. The van der Waals surface area contributed by atoms with E-state index in [1.165, 1.54) is 23.1 Å². The topological polar surface area (TPSA) is 113 Å². The van der Waals surface area contributed by atoms with Crippen LogP contribution < -0.4 is 10.6 Å². The quantitative estimate of drug-likeness (QED) is 0.760. The highest BCUT2D eigenvalue weighted by molar-refractivity contribution is 6.05. The van der Waals surface area contributed by atoms with Crippen molar-refractivity contribution in [1.82, 2.24) is 9.78 Å². The number of carbonyl (C=O) groups is 2. The fraction of sp³-hybridized carbons (Fsp3) is 0.0588. The van der Waals surface area contributed by atoms with Crippen molar-refractivity contribution in [2.75, 3.05) is 10.6 Å². The van der Waals surface area contributed by atoms with Gasteiger partial charge < -0.3 is 15.1 Å². The molecule has 3 aromatic rings. The van der Waals surface area contributed by atoms with Crippen molar-refractivity contribution in [3.63, 3.8) is 0 Å². The van der Waals surface area contributed by atoms with Gasteiger partial charge in [-0.05, 0) is 36.4 Å². The number of nitrogens with one attached hydrogen (secondary N) is 2. The molecule has 8 heteroatoms. The van der Waals surface area contributed by atoms with Crippen LogP contribution in [-0.2, 0) is 7.05 Å². The van der Waals surface area contributed by atoms with Crippen LogP contribution in [0.2, 0.25) is 0 Å². The normalized spacial score (nSPS) is 10.1. The van der Waals surface area contributed by atoms with Crippen LogP contribution in [0, 0.1) is 11.3 Å². The lowest BCUT2D eigenvalue weighted by molar-refractivity contribution is 0.0993. The molecule has 2 amide bonds. The molecule has 0 aliphatic rings. The summed E-state index contributed by atoms with van der Waals surface area (Å²) in [6.07, 6.45) is 1.40. The zero-order valence-corrected chi connectivity index (χ0v) is 13.2. The molecule has 8 nitrogen and oxygen atoms in total. The summed E-state index contributed by atoms with van der Waals surface area (Å²) in [5, 5.41) is 18.1. The highest BCUT2D eigenvalue weighted by Crippen LogP contribution is 2.14. The predicted molar refractivity (Wildman–Crippen MR) is 89.0 cm³/mol. The summed E-state index contributed by atoms with van der Waals surface area (Å²) in [5.74, 6) is -0.359. The highest BCUT2D eigenvalue weighted by atomic mass is 16.3. The number of aromatic nitrogens is 2. The number of anilines is 2. The molecule has 0 saturated carbocycles. The lowest BCUT2D eigenvalue weighted by Gasteiger charge is -2.02. The Bertz CT molecular complexity index is 949. The second-order valence-corrected chi connectivity index (χ2v) is 5.11. The molecule has 0 fully saturated rings. The lowest BCUT2D eigenvalue weighted by Crippen LogP contribution is -2.13. The monoisotopic (exact) mass is 335 g/mol. The molecule has 0 aliphatic carbocycles. The van der Waals surface area contributed by atoms with Crippen molar-refractivity contribution in [2.45, 2.75) is 0 Å². The minimum atomic E-state index is -0.438. The Morgan fingerprint density at radius 2 is 1.92 bits per heavy atom. The number of benzene rings is 1. The maximum Gasteiger partial charge on any atom is 0.292 e. The third kappa shape index (κ3) is 3.56. The first kappa shape index (κ1) is 16.0. The number of rotatable bonds is 4. The molecular weight excluding hydrogens is 322 g/mol. The molecule has 124 valence electrons. The van der Waals surface area contributed by atoms with Crippen molar-refractivity contribution in [3.8, 4) is 6.07 Å². The van der Waals surface area contributed by atoms with Crippen molar-refractivity contribution < 1.29 is 14.0 Å². The van der Waals surface area contributed by atoms with Crippen molar-refractivity contribution in [1.29, 1.82) is 5.26 Å². The van der Waals surface area contributed by atoms with E-state index in [0.29, 0.717) is 17.1 Å². The van der Waals surface area contributed by atoms with Crippen molar-refractivity contribution in [2.24, 2.45) is 7.05 Å². The van der Waals surface area contributed by atoms with Crippen LogP contribution in [0.5, 0.6) is 0 Å². The molecule has 0 unspecified atom stereocenters. The van der Waals surface area contributed by atoms with Gasteiger partial charge in [-0.2, -0.15) is 10.4 Å². The van der Waals surface area contributed by atoms with Crippen LogP contribution in [0.4, 0.5) is 11.5 Å². The summed E-state index contributed by atoms with van der Waals surface area (Å²) in [6, 6.07) is 13.0. The summed E-state index contributed by atoms with van der Waals surface area (Å²) >= 11 is 0. The second-order valence-electron chi connectivity index (χ2n) is 5.11. The van der Waals surface area contributed by atoms with E-state index in [0.717, 1.165) is 0 Å². The molecule has 2 N–H and O–H groups in total. The minimum absolute atomic E-state index is 0.140. The van der Waals surface area contributed by atoms with E-state index in [-0.39, 0.29) is 11.5 Å². The van der Waals surface area contributed by atoms with Gasteiger partial charge in [0, 0.05) is 18.8 Å². The Morgan fingerprint density at radius 3 is 2.56 bits per heavy atom. The van der Waals surface area contributed by atoms with Gasteiger partial charge in [0.15, 0.2) is 11.5 Å². The molecule has 25 heavy (non-hydrogen) atoms. The summed E-state index contributed by atoms with van der Waals surface area (Å²) in [6.45, 7) is 0. The summed E-state index contributed by atoms with van der Waals surface area (Å²) in [7, 11) is 1.61. The van der Waals surface area contributed by atoms with E-state index < -0.39 is 11.8 Å². The summed E-state index contributed by atoms with van der Waals surface area (Å²) in [4.78, 5) is 24.3. The maximum atomic E-state index is 12.3. The number of carbonyl (C=O) groups excluding carboxylic acids is 2. The molecule has 0 saturated heterocycles. The molecule has 2 aromatic heterocycles. The van der Waals surface area contributed by atoms with Gasteiger partial charge in [-0.15, -0.1) is 0 Å². The molecule has 0 aliphatic heterocycles. The minimum Gasteiger partial charge on any atom is -0.459 e.